The van der Waals surface area contributed by atoms with E-state index in [0.717, 1.165) is 28.0 Å². The fourth-order valence-electron chi connectivity index (χ4n) is 4.14. The normalized spacial score (nSPS) is 12.0. The van der Waals surface area contributed by atoms with E-state index >= 15 is 0 Å². The molecule has 0 aromatic heterocycles. The van der Waals surface area contributed by atoms with E-state index in [1.54, 1.807) is 31.4 Å². The topological polar surface area (TPSA) is 71.2 Å². The maximum atomic E-state index is 11.3. The minimum absolute atomic E-state index is 0.239. The van der Waals surface area contributed by atoms with Crippen molar-refractivity contribution in [3.8, 4) is 5.75 Å². The first kappa shape index (κ1) is 23.9. The highest BCUT2D eigenvalue weighted by Gasteiger charge is 2.38. The largest absolute Gasteiger partial charge is 0.497 e. The van der Waals surface area contributed by atoms with Crippen LogP contribution in [0.15, 0.2) is 119 Å². The van der Waals surface area contributed by atoms with Crippen LogP contribution >= 0.6 is 0 Å². The first-order chi connectivity index (χ1) is 16.9. The summed E-state index contributed by atoms with van der Waals surface area (Å²) >= 11 is 0. The summed E-state index contributed by atoms with van der Waals surface area (Å²) in [6, 6.07) is 34.9. The standard InChI is InChI=1S/C30H28N2O3/c1-29(2,23-16-14-22(15-17-23)28(33)34)31-32-30(24-10-6-4-7-11-24,25-12-8-5-9-13-25)26-18-20-27(35-3)21-19-26/h4-21H,1-3H3,(H,33,34). The highest BCUT2D eigenvalue weighted by Crippen LogP contribution is 2.42. The van der Waals surface area contributed by atoms with Gasteiger partial charge in [-0.05, 0) is 60.4 Å². The molecule has 0 saturated heterocycles. The number of hydrogen-bond donors (Lipinski definition) is 1. The Hall–Kier alpha value is -4.25. The van der Waals surface area contributed by atoms with Crippen molar-refractivity contribution in [3.05, 3.63) is 137 Å². The summed E-state index contributed by atoms with van der Waals surface area (Å²) in [5.41, 5.74) is 2.44. The first-order valence-corrected chi connectivity index (χ1v) is 11.4. The number of benzene rings is 4. The van der Waals surface area contributed by atoms with Gasteiger partial charge in [0.05, 0.1) is 12.7 Å². The second-order valence-corrected chi connectivity index (χ2v) is 8.81. The van der Waals surface area contributed by atoms with Crippen LogP contribution in [0.25, 0.3) is 0 Å². The molecule has 4 aromatic rings. The van der Waals surface area contributed by atoms with Crippen LogP contribution in [0.3, 0.4) is 0 Å². The third kappa shape index (κ3) is 4.85. The van der Waals surface area contributed by atoms with E-state index in [0.29, 0.717) is 0 Å². The molecule has 0 heterocycles. The molecule has 0 amide bonds. The van der Waals surface area contributed by atoms with Crippen molar-refractivity contribution in [2.24, 2.45) is 10.2 Å². The molecule has 5 heteroatoms. The van der Waals surface area contributed by atoms with E-state index in [1.807, 2.05) is 74.5 Å². The molecule has 4 aromatic carbocycles. The number of nitrogens with zero attached hydrogens (tertiary/aromatic N) is 2. The molecule has 0 unspecified atom stereocenters. The molecule has 0 bridgehead atoms. The third-order valence-corrected chi connectivity index (χ3v) is 6.18. The Morgan fingerprint density at radius 2 is 1.11 bits per heavy atom. The number of rotatable bonds is 8. The summed E-state index contributed by atoms with van der Waals surface area (Å²) in [4.78, 5) is 11.3. The van der Waals surface area contributed by atoms with Crippen molar-refractivity contribution >= 4 is 5.97 Å². The Morgan fingerprint density at radius 3 is 1.57 bits per heavy atom. The number of methoxy groups -OCH3 is 1. The molecular weight excluding hydrogens is 436 g/mol. The molecular formula is C30H28N2O3. The zero-order chi connectivity index (χ0) is 24.9. The highest BCUT2D eigenvalue weighted by molar-refractivity contribution is 5.87. The van der Waals surface area contributed by atoms with Crippen LogP contribution in [0.1, 0.15) is 46.5 Å². The molecule has 176 valence electrons. The van der Waals surface area contributed by atoms with Gasteiger partial charge in [0, 0.05) is 0 Å². The number of aromatic carboxylic acids is 1. The summed E-state index contributed by atoms with van der Waals surface area (Å²) in [7, 11) is 1.65. The van der Waals surface area contributed by atoms with Gasteiger partial charge < -0.3 is 9.84 Å². The van der Waals surface area contributed by atoms with Crippen LogP contribution < -0.4 is 4.74 Å². The average molecular weight is 465 g/mol. The summed E-state index contributed by atoms with van der Waals surface area (Å²) < 4.78 is 5.40. The number of carboxylic acid groups (broad SMARTS) is 1. The van der Waals surface area contributed by atoms with Crippen LogP contribution in [0.5, 0.6) is 5.75 Å². The highest BCUT2D eigenvalue weighted by atomic mass is 16.5. The Labute approximate surface area is 205 Å². The number of carboxylic acids is 1. The minimum Gasteiger partial charge on any atom is -0.497 e. The molecule has 0 spiro atoms. The predicted molar refractivity (Wildman–Crippen MR) is 137 cm³/mol. The van der Waals surface area contributed by atoms with Gasteiger partial charge in [-0.2, -0.15) is 10.2 Å². The van der Waals surface area contributed by atoms with Gasteiger partial charge in [0.1, 0.15) is 11.3 Å². The molecule has 4 rings (SSSR count). The lowest BCUT2D eigenvalue weighted by Crippen LogP contribution is -2.28. The predicted octanol–water partition coefficient (Wildman–Crippen LogP) is 7.07. The van der Waals surface area contributed by atoms with Crippen LogP contribution in [-0.4, -0.2) is 18.2 Å². The zero-order valence-electron chi connectivity index (χ0n) is 20.1. The van der Waals surface area contributed by atoms with Crippen molar-refractivity contribution < 1.29 is 14.6 Å². The van der Waals surface area contributed by atoms with Gasteiger partial charge in [0.15, 0.2) is 5.54 Å². The quantitative estimate of drug-likeness (QED) is 0.224. The second-order valence-electron chi connectivity index (χ2n) is 8.81. The Bertz CT molecular complexity index is 1260. The van der Waals surface area contributed by atoms with Gasteiger partial charge in [-0.25, -0.2) is 4.79 Å². The molecule has 35 heavy (non-hydrogen) atoms. The Balaban J connectivity index is 1.91. The lowest BCUT2D eigenvalue weighted by atomic mass is 9.78. The van der Waals surface area contributed by atoms with E-state index in [1.165, 1.54) is 0 Å². The van der Waals surface area contributed by atoms with Gasteiger partial charge >= 0.3 is 5.97 Å². The monoisotopic (exact) mass is 464 g/mol. The fourth-order valence-corrected chi connectivity index (χ4v) is 4.14. The molecule has 0 saturated carbocycles. The van der Waals surface area contributed by atoms with Crippen molar-refractivity contribution in [3.63, 3.8) is 0 Å². The van der Waals surface area contributed by atoms with Crippen LogP contribution in [0.2, 0.25) is 0 Å². The van der Waals surface area contributed by atoms with E-state index in [9.17, 15) is 9.90 Å². The smallest absolute Gasteiger partial charge is 0.335 e. The van der Waals surface area contributed by atoms with Crippen LogP contribution in [-0.2, 0) is 11.1 Å². The van der Waals surface area contributed by atoms with Crippen molar-refractivity contribution in [1.82, 2.24) is 0 Å². The summed E-state index contributed by atoms with van der Waals surface area (Å²) in [5.74, 6) is -0.192. The first-order valence-electron chi connectivity index (χ1n) is 11.4. The zero-order valence-corrected chi connectivity index (χ0v) is 20.1. The third-order valence-electron chi connectivity index (χ3n) is 6.18. The van der Waals surface area contributed by atoms with Gasteiger partial charge in [-0.15, -0.1) is 0 Å². The lowest BCUT2D eigenvalue weighted by molar-refractivity contribution is 0.0697. The Morgan fingerprint density at radius 1 is 0.657 bits per heavy atom. The van der Waals surface area contributed by atoms with E-state index in [-0.39, 0.29) is 5.56 Å². The number of ether oxygens (including phenoxy) is 1. The Kier molecular flexibility index (Phi) is 6.78. The summed E-state index contributed by atoms with van der Waals surface area (Å²) in [6.07, 6.45) is 0. The molecule has 0 aliphatic rings. The minimum atomic E-state index is -0.956. The molecule has 0 radical (unpaired) electrons. The number of hydrogen-bond acceptors (Lipinski definition) is 4. The van der Waals surface area contributed by atoms with Crippen LogP contribution in [0.4, 0.5) is 0 Å². The van der Waals surface area contributed by atoms with E-state index in [2.05, 4.69) is 24.3 Å². The molecule has 0 aliphatic heterocycles. The molecule has 5 nitrogen and oxygen atoms in total. The van der Waals surface area contributed by atoms with Gasteiger partial charge in [-0.1, -0.05) is 84.9 Å². The molecule has 0 aliphatic carbocycles. The van der Waals surface area contributed by atoms with Crippen molar-refractivity contribution in [1.29, 1.82) is 0 Å². The van der Waals surface area contributed by atoms with E-state index < -0.39 is 17.0 Å². The lowest BCUT2D eigenvalue weighted by Gasteiger charge is -2.32. The van der Waals surface area contributed by atoms with Gasteiger partial charge in [-0.3, -0.25) is 0 Å². The molecule has 0 atom stereocenters. The van der Waals surface area contributed by atoms with E-state index in [4.69, 9.17) is 15.0 Å². The van der Waals surface area contributed by atoms with Crippen molar-refractivity contribution in [2.75, 3.05) is 7.11 Å². The summed E-state index contributed by atoms with van der Waals surface area (Å²) in [6.45, 7) is 3.95. The second kappa shape index (κ2) is 9.94. The SMILES string of the molecule is COc1ccc(C(N=NC(C)(C)c2ccc(C(=O)O)cc2)(c2ccccc2)c2ccccc2)cc1. The number of carbonyl (C=O) groups is 1. The van der Waals surface area contributed by atoms with Crippen LogP contribution in [0, 0.1) is 0 Å². The fraction of sp³-hybridized carbons (Fsp3) is 0.167. The average Bonchev–Trinajstić information content (AvgIpc) is 2.90. The molecule has 0 fully saturated rings. The number of azo groups is 1. The van der Waals surface area contributed by atoms with Gasteiger partial charge in [0.25, 0.3) is 0 Å². The molecule has 1 N–H and O–H groups in total. The maximum Gasteiger partial charge on any atom is 0.335 e. The van der Waals surface area contributed by atoms with Crippen molar-refractivity contribution in [2.45, 2.75) is 24.9 Å². The summed E-state index contributed by atoms with van der Waals surface area (Å²) in [5, 5.41) is 19.2. The van der Waals surface area contributed by atoms with Gasteiger partial charge in [0.2, 0.25) is 0 Å². The maximum absolute atomic E-state index is 11.3.